The molecule has 2 aliphatic rings. The van der Waals surface area contributed by atoms with Crippen molar-refractivity contribution in [2.24, 2.45) is 0 Å². The second kappa shape index (κ2) is 4.57. The van der Waals surface area contributed by atoms with Crippen molar-refractivity contribution < 1.29 is 14.6 Å². The number of hydrogen-bond acceptors (Lipinski definition) is 3. The van der Waals surface area contributed by atoms with E-state index < -0.39 is 0 Å². The van der Waals surface area contributed by atoms with Crippen molar-refractivity contribution in [3.63, 3.8) is 0 Å². The Kier molecular flexibility index (Phi) is 2.90. The van der Waals surface area contributed by atoms with Gasteiger partial charge in [0.25, 0.3) is 0 Å². The van der Waals surface area contributed by atoms with Gasteiger partial charge in [0.05, 0.1) is 12.2 Å². The molecule has 0 amide bonds. The van der Waals surface area contributed by atoms with Crippen LogP contribution >= 0.6 is 0 Å². The summed E-state index contributed by atoms with van der Waals surface area (Å²) in [5.41, 5.74) is 5.34. The number of benzene rings is 1. The van der Waals surface area contributed by atoms with Crippen LogP contribution in [-0.4, -0.2) is 17.7 Å². The minimum Gasteiger partial charge on any atom is -0.511 e. The molecule has 0 aliphatic heterocycles. The average molecular weight is 256 g/mol. The molecule has 1 aromatic carbocycles. The molecule has 0 saturated carbocycles. The van der Waals surface area contributed by atoms with Crippen molar-refractivity contribution >= 4 is 11.5 Å². The van der Waals surface area contributed by atoms with E-state index in [2.05, 4.69) is 12.1 Å². The van der Waals surface area contributed by atoms with Gasteiger partial charge in [0.15, 0.2) is 0 Å². The van der Waals surface area contributed by atoms with Crippen molar-refractivity contribution in [2.75, 3.05) is 6.61 Å². The second-order valence-electron chi connectivity index (χ2n) is 4.92. The first-order valence-corrected chi connectivity index (χ1v) is 6.58. The van der Waals surface area contributed by atoms with E-state index in [1.165, 1.54) is 22.3 Å². The normalized spacial score (nSPS) is 17.3. The van der Waals surface area contributed by atoms with Crippen LogP contribution in [0.5, 0.6) is 0 Å². The number of carbonyl (C=O) groups is 1. The lowest BCUT2D eigenvalue weighted by molar-refractivity contribution is -0.138. The van der Waals surface area contributed by atoms with Crippen molar-refractivity contribution in [3.05, 3.63) is 52.3 Å². The quantitative estimate of drug-likeness (QED) is 0.827. The fourth-order valence-electron chi connectivity index (χ4n) is 2.88. The first kappa shape index (κ1) is 12.0. The maximum absolute atomic E-state index is 11.8. The number of allylic oxidation sites excluding steroid dienone is 2. The molecule has 3 rings (SSSR count). The van der Waals surface area contributed by atoms with E-state index in [9.17, 15) is 9.90 Å². The van der Waals surface area contributed by atoms with E-state index in [0.717, 1.165) is 6.42 Å². The molecule has 0 atom stereocenters. The molecule has 3 nitrogen and oxygen atoms in total. The lowest BCUT2D eigenvalue weighted by Crippen LogP contribution is -2.14. The number of esters is 1. The zero-order valence-electron chi connectivity index (χ0n) is 10.9. The van der Waals surface area contributed by atoms with Crippen LogP contribution in [0.2, 0.25) is 0 Å². The third-order valence-electron chi connectivity index (χ3n) is 3.78. The van der Waals surface area contributed by atoms with Crippen LogP contribution in [0.3, 0.4) is 0 Å². The van der Waals surface area contributed by atoms with Crippen molar-refractivity contribution in [1.29, 1.82) is 0 Å². The van der Waals surface area contributed by atoms with Gasteiger partial charge >= 0.3 is 5.97 Å². The molecule has 1 aromatic rings. The van der Waals surface area contributed by atoms with Crippen LogP contribution in [-0.2, 0) is 16.0 Å². The molecule has 98 valence electrons. The largest absolute Gasteiger partial charge is 0.511 e. The third-order valence-corrected chi connectivity index (χ3v) is 3.78. The Hall–Kier alpha value is -2.03. The van der Waals surface area contributed by atoms with E-state index >= 15 is 0 Å². The third kappa shape index (κ3) is 1.95. The molecule has 0 radical (unpaired) electrons. The number of carbonyl (C=O) groups excluding carboxylic acids is 1. The topological polar surface area (TPSA) is 46.5 Å². The Morgan fingerprint density at radius 3 is 2.84 bits per heavy atom. The summed E-state index contributed by atoms with van der Waals surface area (Å²) in [6.45, 7) is 2.11. The van der Waals surface area contributed by atoms with E-state index in [1.807, 2.05) is 12.1 Å². The highest BCUT2D eigenvalue weighted by Crippen LogP contribution is 2.43. The van der Waals surface area contributed by atoms with Crippen molar-refractivity contribution in [2.45, 2.75) is 26.2 Å². The van der Waals surface area contributed by atoms with E-state index in [0.29, 0.717) is 25.0 Å². The Bertz CT molecular complexity index is 608. The highest BCUT2D eigenvalue weighted by Gasteiger charge is 2.30. The van der Waals surface area contributed by atoms with Gasteiger partial charge in [-0.2, -0.15) is 0 Å². The standard InChI is InChI=1S/C16H16O3/c1-2-19-16(18)14-8-11-7-10-5-3-4-6-12(10)13(11)9-15(14)17/h3-6,17H,2,7-9H2,1H3. The van der Waals surface area contributed by atoms with Gasteiger partial charge in [-0.05, 0) is 30.0 Å². The molecule has 0 saturated heterocycles. The van der Waals surface area contributed by atoms with E-state index in [4.69, 9.17) is 4.74 Å². The zero-order chi connectivity index (χ0) is 13.4. The molecule has 3 heteroatoms. The fraction of sp³-hybridized carbons (Fsp3) is 0.312. The summed E-state index contributed by atoms with van der Waals surface area (Å²) < 4.78 is 5.00. The Morgan fingerprint density at radius 1 is 1.26 bits per heavy atom. The predicted molar refractivity (Wildman–Crippen MR) is 72.6 cm³/mol. The van der Waals surface area contributed by atoms with Gasteiger partial charge in [-0.3, -0.25) is 0 Å². The zero-order valence-corrected chi connectivity index (χ0v) is 10.9. The maximum atomic E-state index is 11.8. The fourth-order valence-corrected chi connectivity index (χ4v) is 2.88. The SMILES string of the molecule is CCOC(=O)C1=C(O)CC2=C(C1)Cc1ccccc12. The van der Waals surface area contributed by atoms with Gasteiger partial charge in [-0.1, -0.05) is 29.8 Å². The Labute approximate surface area is 112 Å². The second-order valence-corrected chi connectivity index (χ2v) is 4.92. The Balaban J connectivity index is 1.89. The molecule has 1 N–H and O–H groups in total. The maximum Gasteiger partial charge on any atom is 0.337 e. The van der Waals surface area contributed by atoms with Gasteiger partial charge in [-0.15, -0.1) is 0 Å². The highest BCUT2D eigenvalue weighted by atomic mass is 16.5. The number of fused-ring (bicyclic) bond motifs is 2. The van der Waals surface area contributed by atoms with Crippen molar-refractivity contribution in [1.82, 2.24) is 0 Å². The molecule has 0 heterocycles. The van der Waals surface area contributed by atoms with Gasteiger partial charge in [0, 0.05) is 12.8 Å². The summed E-state index contributed by atoms with van der Waals surface area (Å²) in [7, 11) is 0. The van der Waals surface area contributed by atoms with Crippen LogP contribution in [0, 0.1) is 0 Å². The predicted octanol–water partition coefficient (Wildman–Crippen LogP) is 3.17. The molecule has 0 bridgehead atoms. The summed E-state index contributed by atoms with van der Waals surface area (Å²) in [6, 6.07) is 8.22. The summed E-state index contributed by atoms with van der Waals surface area (Å²) >= 11 is 0. The summed E-state index contributed by atoms with van der Waals surface area (Å²) in [5, 5.41) is 10.1. The summed E-state index contributed by atoms with van der Waals surface area (Å²) in [4.78, 5) is 11.8. The lowest BCUT2D eigenvalue weighted by atomic mass is 9.90. The van der Waals surface area contributed by atoms with E-state index in [1.54, 1.807) is 6.92 Å². The minimum atomic E-state index is -0.387. The van der Waals surface area contributed by atoms with Gasteiger partial charge in [0.1, 0.15) is 5.76 Å². The minimum absolute atomic E-state index is 0.161. The van der Waals surface area contributed by atoms with Gasteiger partial charge < -0.3 is 9.84 Å². The number of aliphatic hydroxyl groups excluding tert-OH is 1. The van der Waals surface area contributed by atoms with Crippen LogP contribution in [0.4, 0.5) is 0 Å². The number of ether oxygens (including phenoxy) is 1. The van der Waals surface area contributed by atoms with Crippen LogP contribution in [0.1, 0.15) is 30.9 Å². The average Bonchev–Trinajstić information content (AvgIpc) is 2.76. The number of hydrogen-bond donors (Lipinski definition) is 1. The molecule has 0 fully saturated rings. The first-order chi connectivity index (χ1) is 9.20. The van der Waals surface area contributed by atoms with Gasteiger partial charge in [-0.25, -0.2) is 4.79 Å². The number of rotatable bonds is 2. The van der Waals surface area contributed by atoms with Crippen molar-refractivity contribution in [3.8, 4) is 0 Å². The highest BCUT2D eigenvalue weighted by molar-refractivity contribution is 5.93. The van der Waals surface area contributed by atoms with Crippen LogP contribution < -0.4 is 0 Å². The van der Waals surface area contributed by atoms with E-state index in [-0.39, 0.29) is 11.7 Å². The van der Waals surface area contributed by atoms with Crippen LogP contribution in [0.25, 0.3) is 5.57 Å². The molecule has 0 spiro atoms. The Morgan fingerprint density at radius 2 is 2.05 bits per heavy atom. The molecule has 0 aromatic heterocycles. The molecular weight excluding hydrogens is 240 g/mol. The van der Waals surface area contributed by atoms with Crippen LogP contribution in [0.15, 0.2) is 41.2 Å². The smallest absolute Gasteiger partial charge is 0.337 e. The molecule has 2 aliphatic carbocycles. The summed E-state index contributed by atoms with van der Waals surface area (Å²) in [6.07, 6.45) is 1.83. The lowest BCUT2D eigenvalue weighted by Gasteiger charge is -2.18. The van der Waals surface area contributed by atoms with Gasteiger partial charge in [0.2, 0.25) is 0 Å². The molecule has 19 heavy (non-hydrogen) atoms. The monoisotopic (exact) mass is 256 g/mol. The molecule has 0 unspecified atom stereocenters. The number of aliphatic hydroxyl groups is 1. The first-order valence-electron chi connectivity index (χ1n) is 6.58. The summed E-state index contributed by atoms with van der Waals surface area (Å²) in [5.74, 6) is -0.226. The molecular formula is C16H16O3.